The van der Waals surface area contributed by atoms with Gasteiger partial charge in [-0.05, 0) is 53.9 Å². The molecule has 164 valence electrons. The quantitative estimate of drug-likeness (QED) is 0.420. The topological polar surface area (TPSA) is 72.9 Å². The summed E-state index contributed by atoms with van der Waals surface area (Å²) in [7, 11) is 0. The predicted octanol–water partition coefficient (Wildman–Crippen LogP) is 5.00. The van der Waals surface area contributed by atoms with Crippen molar-refractivity contribution in [2.75, 3.05) is 5.73 Å². The van der Waals surface area contributed by atoms with Crippen molar-refractivity contribution in [3.05, 3.63) is 94.9 Å². The van der Waals surface area contributed by atoms with E-state index in [9.17, 15) is 13.6 Å². The van der Waals surface area contributed by atoms with Crippen LogP contribution in [0, 0.1) is 11.6 Å². The standard InChI is InChI=1S/C25H24F2N4O/c1-15(2)24-23(25(32)30-13-16-6-9-20(26)21(27)11-16)19-8-7-17(28)12-22(19)31(24)14-18-5-3-4-10-29-18/h3-12,15H,13-14,28H2,1-2H3,(H,30,32). The number of carbonyl (C=O) groups excluding carboxylic acids is 1. The summed E-state index contributed by atoms with van der Waals surface area (Å²) in [4.78, 5) is 17.8. The Hall–Kier alpha value is -3.74. The van der Waals surface area contributed by atoms with Crippen LogP contribution in [-0.2, 0) is 13.1 Å². The van der Waals surface area contributed by atoms with Gasteiger partial charge in [-0.1, -0.05) is 26.0 Å². The zero-order chi connectivity index (χ0) is 22.8. The van der Waals surface area contributed by atoms with Crippen LogP contribution in [-0.4, -0.2) is 15.5 Å². The summed E-state index contributed by atoms with van der Waals surface area (Å²) in [5, 5.41) is 3.63. The lowest BCUT2D eigenvalue weighted by molar-refractivity contribution is 0.0951. The SMILES string of the molecule is CC(C)c1c(C(=O)NCc2ccc(F)c(F)c2)c2ccc(N)cc2n1Cc1ccccn1. The fourth-order valence-corrected chi connectivity index (χ4v) is 3.97. The van der Waals surface area contributed by atoms with E-state index in [4.69, 9.17) is 5.73 Å². The molecule has 0 spiro atoms. The molecule has 0 fully saturated rings. The van der Waals surface area contributed by atoms with Gasteiger partial charge in [0.2, 0.25) is 0 Å². The van der Waals surface area contributed by atoms with E-state index in [-0.39, 0.29) is 18.4 Å². The molecule has 3 N–H and O–H groups in total. The molecule has 0 saturated carbocycles. The van der Waals surface area contributed by atoms with Crippen molar-refractivity contribution in [3.63, 3.8) is 0 Å². The third-order valence-electron chi connectivity index (χ3n) is 5.39. The van der Waals surface area contributed by atoms with Gasteiger partial charge in [0.05, 0.1) is 23.3 Å². The van der Waals surface area contributed by atoms with Crippen LogP contribution in [0.5, 0.6) is 0 Å². The second kappa shape index (κ2) is 8.78. The van der Waals surface area contributed by atoms with E-state index in [1.54, 1.807) is 12.3 Å². The Bertz CT molecular complexity index is 1280. The molecule has 0 saturated heterocycles. The second-order valence-electron chi connectivity index (χ2n) is 8.03. The van der Waals surface area contributed by atoms with Crippen molar-refractivity contribution in [2.45, 2.75) is 32.9 Å². The maximum absolute atomic E-state index is 13.5. The third-order valence-corrected chi connectivity index (χ3v) is 5.39. The fourth-order valence-electron chi connectivity index (χ4n) is 3.97. The maximum Gasteiger partial charge on any atom is 0.254 e. The third kappa shape index (κ3) is 4.19. The number of nitrogens with two attached hydrogens (primary N) is 1. The number of fused-ring (bicyclic) bond motifs is 1. The number of pyridine rings is 1. The molecule has 2 aromatic carbocycles. The van der Waals surface area contributed by atoms with Crippen LogP contribution in [0.15, 0.2) is 60.8 Å². The van der Waals surface area contributed by atoms with E-state index in [1.807, 2.05) is 44.2 Å². The molecule has 0 radical (unpaired) electrons. The number of benzene rings is 2. The molecule has 1 amide bonds. The lowest BCUT2D eigenvalue weighted by Gasteiger charge is -2.15. The number of rotatable bonds is 6. The molecule has 0 bridgehead atoms. The Morgan fingerprint density at radius 2 is 1.91 bits per heavy atom. The van der Waals surface area contributed by atoms with Crippen molar-refractivity contribution in [3.8, 4) is 0 Å². The summed E-state index contributed by atoms with van der Waals surface area (Å²) in [5.41, 5.74) is 10.3. The van der Waals surface area contributed by atoms with Gasteiger partial charge in [-0.2, -0.15) is 0 Å². The first-order chi connectivity index (χ1) is 15.3. The number of carbonyl (C=O) groups is 1. The predicted molar refractivity (Wildman–Crippen MR) is 121 cm³/mol. The van der Waals surface area contributed by atoms with Crippen molar-refractivity contribution < 1.29 is 13.6 Å². The first-order valence-corrected chi connectivity index (χ1v) is 10.4. The largest absolute Gasteiger partial charge is 0.399 e. The number of amides is 1. The van der Waals surface area contributed by atoms with Gasteiger partial charge in [-0.3, -0.25) is 9.78 Å². The summed E-state index contributed by atoms with van der Waals surface area (Å²) in [5.74, 6) is -2.11. The van der Waals surface area contributed by atoms with Crippen LogP contribution in [0.4, 0.5) is 14.5 Å². The summed E-state index contributed by atoms with van der Waals surface area (Å²) < 4.78 is 28.8. The highest BCUT2D eigenvalue weighted by atomic mass is 19.2. The normalized spacial score (nSPS) is 11.3. The lowest BCUT2D eigenvalue weighted by atomic mass is 10.0. The highest BCUT2D eigenvalue weighted by Crippen LogP contribution is 2.33. The van der Waals surface area contributed by atoms with E-state index in [0.29, 0.717) is 23.4 Å². The van der Waals surface area contributed by atoms with Crippen molar-refractivity contribution >= 4 is 22.5 Å². The molecule has 0 aliphatic carbocycles. The Morgan fingerprint density at radius 1 is 1.09 bits per heavy atom. The molecule has 0 aliphatic heterocycles. The van der Waals surface area contributed by atoms with E-state index in [2.05, 4.69) is 14.9 Å². The van der Waals surface area contributed by atoms with Gasteiger partial charge in [0.25, 0.3) is 5.91 Å². The minimum atomic E-state index is -0.943. The Labute approximate surface area is 184 Å². The summed E-state index contributed by atoms with van der Waals surface area (Å²) in [6.45, 7) is 4.62. The molecule has 0 atom stereocenters. The van der Waals surface area contributed by atoms with Crippen LogP contribution >= 0.6 is 0 Å². The minimum Gasteiger partial charge on any atom is -0.399 e. The molecular formula is C25H24F2N4O. The molecule has 7 heteroatoms. The average molecular weight is 434 g/mol. The number of aromatic nitrogens is 2. The van der Waals surface area contributed by atoms with Gasteiger partial charge in [-0.15, -0.1) is 0 Å². The van der Waals surface area contributed by atoms with Gasteiger partial charge in [0.1, 0.15) is 0 Å². The van der Waals surface area contributed by atoms with Gasteiger partial charge < -0.3 is 15.6 Å². The van der Waals surface area contributed by atoms with Crippen molar-refractivity contribution in [2.24, 2.45) is 0 Å². The number of nitrogens with zero attached hydrogens (tertiary/aromatic N) is 2. The summed E-state index contributed by atoms with van der Waals surface area (Å²) in [6, 6.07) is 14.8. The zero-order valence-electron chi connectivity index (χ0n) is 17.9. The van der Waals surface area contributed by atoms with Crippen LogP contribution in [0.25, 0.3) is 10.9 Å². The summed E-state index contributed by atoms with van der Waals surface area (Å²) >= 11 is 0. The van der Waals surface area contributed by atoms with Crippen molar-refractivity contribution in [1.29, 1.82) is 0 Å². The molecule has 2 heterocycles. The zero-order valence-corrected chi connectivity index (χ0v) is 17.9. The van der Waals surface area contributed by atoms with E-state index >= 15 is 0 Å². The maximum atomic E-state index is 13.5. The van der Waals surface area contributed by atoms with Gasteiger partial charge in [-0.25, -0.2) is 8.78 Å². The monoisotopic (exact) mass is 434 g/mol. The van der Waals surface area contributed by atoms with Crippen LogP contribution < -0.4 is 11.1 Å². The average Bonchev–Trinajstić information content (AvgIpc) is 3.08. The number of hydrogen-bond donors (Lipinski definition) is 2. The number of nitrogens with one attached hydrogen (secondary N) is 1. The highest BCUT2D eigenvalue weighted by Gasteiger charge is 2.25. The minimum absolute atomic E-state index is 0.0383. The van der Waals surface area contributed by atoms with E-state index in [1.165, 1.54) is 6.07 Å². The molecule has 32 heavy (non-hydrogen) atoms. The Balaban J connectivity index is 1.76. The van der Waals surface area contributed by atoms with Gasteiger partial charge >= 0.3 is 0 Å². The highest BCUT2D eigenvalue weighted by molar-refractivity contribution is 6.09. The second-order valence-corrected chi connectivity index (χ2v) is 8.03. The molecule has 0 unspecified atom stereocenters. The first-order valence-electron chi connectivity index (χ1n) is 10.4. The van der Waals surface area contributed by atoms with Crippen LogP contribution in [0.1, 0.15) is 47.1 Å². The molecule has 4 aromatic rings. The number of nitrogen functional groups attached to an aromatic ring is 1. The smallest absolute Gasteiger partial charge is 0.254 e. The van der Waals surface area contributed by atoms with Crippen molar-refractivity contribution in [1.82, 2.24) is 14.9 Å². The molecule has 4 rings (SSSR count). The Kier molecular flexibility index (Phi) is 5.90. The Morgan fingerprint density at radius 3 is 2.59 bits per heavy atom. The first kappa shape index (κ1) is 21.5. The number of anilines is 1. The summed E-state index contributed by atoms with van der Waals surface area (Å²) in [6.07, 6.45) is 1.74. The van der Waals surface area contributed by atoms with Crippen LogP contribution in [0.3, 0.4) is 0 Å². The van der Waals surface area contributed by atoms with E-state index in [0.717, 1.165) is 34.4 Å². The molecule has 0 aliphatic rings. The van der Waals surface area contributed by atoms with E-state index < -0.39 is 11.6 Å². The lowest BCUT2D eigenvalue weighted by Crippen LogP contribution is -2.24. The molecule has 5 nitrogen and oxygen atoms in total. The number of hydrogen-bond acceptors (Lipinski definition) is 3. The fraction of sp³-hybridized carbons (Fsp3) is 0.200. The number of halogens is 2. The molecular weight excluding hydrogens is 410 g/mol. The van der Waals surface area contributed by atoms with Gasteiger partial charge in [0, 0.05) is 29.5 Å². The van der Waals surface area contributed by atoms with Crippen LogP contribution in [0.2, 0.25) is 0 Å². The van der Waals surface area contributed by atoms with Gasteiger partial charge in [0.15, 0.2) is 11.6 Å². The molecule has 2 aromatic heterocycles.